The maximum atomic E-state index is 12.8. The molecular weight excluding hydrogens is 436 g/mol. The largest absolute Gasteiger partial charge is 0.494 e. The van der Waals surface area contributed by atoms with Crippen LogP contribution in [-0.4, -0.2) is 35.1 Å². The summed E-state index contributed by atoms with van der Waals surface area (Å²) in [7, 11) is 0. The van der Waals surface area contributed by atoms with Gasteiger partial charge in [-0.05, 0) is 48.4 Å². The summed E-state index contributed by atoms with van der Waals surface area (Å²) in [5, 5.41) is 7.93. The van der Waals surface area contributed by atoms with E-state index in [-0.39, 0.29) is 23.4 Å². The van der Waals surface area contributed by atoms with Crippen molar-refractivity contribution in [2.24, 2.45) is 15.9 Å². The standard InChI is InChI=1S/C22H23ClN4O3S/c1-2-3-12-30-18-10-8-17(9-11-18)27-20(28)13-19(21(27)29)31-22(24)26-25-14-15-4-6-16(23)7-5-15/h4-11,14,19H,2-3,12-13H2,1H3,(H2,24,26)/t19-/m0/s1. The molecule has 31 heavy (non-hydrogen) atoms. The molecule has 3 rings (SSSR count). The van der Waals surface area contributed by atoms with E-state index in [2.05, 4.69) is 17.1 Å². The van der Waals surface area contributed by atoms with Gasteiger partial charge in [0, 0.05) is 11.4 Å². The number of ether oxygens (including phenoxy) is 1. The lowest BCUT2D eigenvalue weighted by molar-refractivity contribution is -0.121. The summed E-state index contributed by atoms with van der Waals surface area (Å²) in [4.78, 5) is 26.4. The van der Waals surface area contributed by atoms with Gasteiger partial charge in [-0.2, -0.15) is 5.10 Å². The number of halogens is 1. The predicted octanol–water partition coefficient (Wildman–Crippen LogP) is 4.23. The van der Waals surface area contributed by atoms with E-state index in [4.69, 9.17) is 22.1 Å². The molecule has 1 fully saturated rings. The summed E-state index contributed by atoms with van der Waals surface area (Å²) in [6.45, 7) is 2.73. The van der Waals surface area contributed by atoms with Crippen LogP contribution in [0.25, 0.3) is 0 Å². The van der Waals surface area contributed by atoms with E-state index >= 15 is 0 Å². The Morgan fingerprint density at radius 3 is 2.61 bits per heavy atom. The van der Waals surface area contributed by atoms with Gasteiger partial charge in [0.1, 0.15) is 11.0 Å². The summed E-state index contributed by atoms with van der Waals surface area (Å²) in [5.41, 5.74) is 7.21. The number of thioether (sulfide) groups is 1. The first kappa shape index (κ1) is 22.8. The van der Waals surface area contributed by atoms with Crippen molar-refractivity contribution in [2.45, 2.75) is 31.4 Å². The first-order valence-corrected chi connectivity index (χ1v) is 11.1. The summed E-state index contributed by atoms with van der Waals surface area (Å²) in [5.74, 6) is 0.103. The van der Waals surface area contributed by atoms with Crippen LogP contribution in [0.4, 0.5) is 5.69 Å². The Morgan fingerprint density at radius 2 is 1.94 bits per heavy atom. The molecule has 1 atom stereocenters. The molecule has 9 heteroatoms. The van der Waals surface area contributed by atoms with Crippen molar-refractivity contribution in [2.75, 3.05) is 11.5 Å². The maximum Gasteiger partial charge on any atom is 0.247 e. The van der Waals surface area contributed by atoms with Gasteiger partial charge >= 0.3 is 0 Å². The molecule has 0 aromatic heterocycles. The Bertz CT molecular complexity index is 977. The number of unbranched alkanes of at least 4 members (excludes halogenated alkanes) is 1. The van der Waals surface area contributed by atoms with E-state index in [0.717, 1.165) is 30.2 Å². The van der Waals surface area contributed by atoms with Gasteiger partial charge in [0.2, 0.25) is 11.8 Å². The lowest BCUT2D eigenvalue weighted by Gasteiger charge is -2.15. The Morgan fingerprint density at radius 1 is 1.23 bits per heavy atom. The molecular formula is C22H23ClN4O3S. The first-order chi connectivity index (χ1) is 15.0. The average molecular weight is 459 g/mol. The van der Waals surface area contributed by atoms with Crippen LogP contribution in [0.5, 0.6) is 5.75 Å². The van der Waals surface area contributed by atoms with Crippen molar-refractivity contribution in [3.63, 3.8) is 0 Å². The molecule has 1 saturated heterocycles. The fraction of sp³-hybridized carbons (Fsp3) is 0.273. The minimum atomic E-state index is -0.637. The highest BCUT2D eigenvalue weighted by atomic mass is 35.5. The predicted molar refractivity (Wildman–Crippen MR) is 126 cm³/mol. The fourth-order valence-electron chi connectivity index (χ4n) is 2.86. The Hall–Kier alpha value is -2.84. The normalized spacial score (nSPS) is 17.0. The number of amides is 2. The third kappa shape index (κ3) is 6.32. The number of imide groups is 1. The minimum Gasteiger partial charge on any atom is -0.494 e. The number of benzene rings is 2. The monoisotopic (exact) mass is 458 g/mol. The van der Waals surface area contributed by atoms with Crippen molar-refractivity contribution in [3.8, 4) is 5.75 Å². The quantitative estimate of drug-likeness (QED) is 0.210. The Kier molecular flexibility index (Phi) is 8.08. The van der Waals surface area contributed by atoms with Crippen LogP contribution in [0.2, 0.25) is 5.02 Å². The van der Waals surface area contributed by atoms with E-state index in [1.165, 1.54) is 11.1 Å². The van der Waals surface area contributed by atoms with Gasteiger partial charge < -0.3 is 10.5 Å². The van der Waals surface area contributed by atoms with Crippen molar-refractivity contribution < 1.29 is 14.3 Å². The fourth-order valence-corrected chi connectivity index (χ4v) is 3.81. The molecule has 7 nitrogen and oxygen atoms in total. The van der Waals surface area contributed by atoms with Crippen LogP contribution >= 0.6 is 23.4 Å². The summed E-state index contributed by atoms with van der Waals surface area (Å²) in [6, 6.07) is 14.0. The SMILES string of the molecule is CCCCOc1ccc(N2C(=O)C[C@H](SC(N)=NN=Cc3ccc(Cl)cc3)C2=O)cc1. The molecule has 0 aliphatic carbocycles. The van der Waals surface area contributed by atoms with Crippen molar-refractivity contribution in [1.29, 1.82) is 0 Å². The van der Waals surface area contributed by atoms with Gasteiger partial charge in [0.25, 0.3) is 0 Å². The van der Waals surface area contributed by atoms with Gasteiger partial charge in [-0.15, -0.1) is 5.10 Å². The molecule has 0 unspecified atom stereocenters. The van der Waals surface area contributed by atoms with Gasteiger partial charge in [0.05, 0.1) is 18.5 Å². The zero-order valence-corrected chi connectivity index (χ0v) is 18.6. The topological polar surface area (TPSA) is 97.3 Å². The van der Waals surface area contributed by atoms with Crippen molar-refractivity contribution >= 4 is 52.2 Å². The summed E-state index contributed by atoms with van der Waals surface area (Å²) >= 11 is 6.87. The van der Waals surface area contributed by atoms with Gasteiger partial charge in [0.15, 0.2) is 5.17 Å². The van der Waals surface area contributed by atoms with E-state index < -0.39 is 5.25 Å². The van der Waals surface area contributed by atoms with Crippen LogP contribution in [0.15, 0.2) is 58.7 Å². The molecule has 162 valence electrons. The van der Waals surface area contributed by atoms with Gasteiger partial charge in [-0.25, -0.2) is 4.90 Å². The minimum absolute atomic E-state index is 0.0510. The molecule has 0 radical (unpaired) electrons. The highest BCUT2D eigenvalue weighted by Crippen LogP contribution is 2.30. The molecule has 2 N–H and O–H groups in total. The molecule has 2 amide bonds. The molecule has 0 spiro atoms. The lowest BCUT2D eigenvalue weighted by Crippen LogP contribution is -2.31. The Balaban J connectivity index is 1.59. The van der Waals surface area contributed by atoms with Crippen LogP contribution in [0.3, 0.4) is 0 Å². The van der Waals surface area contributed by atoms with Gasteiger partial charge in [-0.3, -0.25) is 9.59 Å². The Labute approximate surface area is 190 Å². The number of amidine groups is 1. The highest BCUT2D eigenvalue weighted by molar-refractivity contribution is 8.14. The third-order valence-corrected chi connectivity index (χ3v) is 5.69. The zero-order chi connectivity index (χ0) is 22.2. The molecule has 0 bridgehead atoms. The number of hydrogen-bond donors (Lipinski definition) is 1. The number of nitrogens with zero attached hydrogens (tertiary/aromatic N) is 3. The smallest absolute Gasteiger partial charge is 0.247 e. The number of rotatable bonds is 8. The molecule has 1 aliphatic rings. The van der Waals surface area contributed by atoms with Gasteiger partial charge in [-0.1, -0.05) is 48.8 Å². The zero-order valence-electron chi connectivity index (χ0n) is 17.0. The molecule has 0 saturated carbocycles. The van der Waals surface area contributed by atoms with Crippen molar-refractivity contribution in [3.05, 3.63) is 59.1 Å². The molecule has 1 aliphatic heterocycles. The first-order valence-electron chi connectivity index (χ1n) is 9.86. The van der Waals surface area contributed by atoms with Crippen molar-refractivity contribution in [1.82, 2.24) is 0 Å². The molecule has 2 aromatic carbocycles. The number of anilines is 1. The third-order valence-electron chi connectivity index (χ3n) is 4.46. The van der Waals surface area contributed by atoms with Crippen LogP contribution in [0.1, 0.15) is 31.7 Å². The highest BCUT2D eigenvalue weighted by Gasteiger charge is 2.40. The average Bonchev–Trinajstić information content (AvgIpc) is 3.03. The van der Waals surface area contributed by atoms with Crippen LogP contribution < -0.4 is 15.4 Å². The number of hydrogen-bond acceptors (Lipinski definition) is 6. The molecule has 1 heterocycles. The second-order valence-electron chi connectivity index (χ2n) is 6.81. The number of carbonyl (C=O) groups excluding carboxylic acids is 2. The second-order valence-corrected chi connectivity index (χ2v) is 8.47. The van der Waals surface area contributed by atoms with E-state index in [9.17, 15) is 9.59 Å². The second kappa shape index (κ2) is 11.0. The van der Waals surface area contributed by atoms with Crippen LogP contribution in [0, 0.1) is 0 Å². The number of nitrogens with two attached hydrogens (primary N) is 1. The van der Waals surface area contributed by atoms with E-state index in [0.29, 0.717) is 23.1 Å². The van der Waals surface area contributed by atoms with Crippen LogP contribution in [-0.2, 0) is 9.59 Å². The number of carbonyl (C=O) groups is 2. The lowest BCUT2D eigenvalue weighted by atomic mass is 10.2. The van der Waals surface area contributed by atoms with E-state index in [1.54, 1.807) is 48.5 Å². The maximum absolute atomic E-state index is 12.8. The molecule has 2 aromatic rings. The van der Waals surface area contributed by atoms with E-state index in [1.807, 2.05) is 0 Å². The summed E-state index contributed by atoms with van der Waals surface area (Å²) < 4.78 is 5.62. The summed E-state index contributed by atoms with van der Waals surface area (Å²) in [6.07, 6.45) is 3.60.